The average Bonchev–Trinajstić information content (AvgIpc) is 3.01. The molecule has 0 radical (unpaired) electrons. The molecule has 4 aromatic rings. The Labute approximate surface area is 159 Å². The Bertz CT molecular complexity index is 1120. The topological polar surface area (TPSA) is 37.3 Å². The van der Waals surface area contributed by atoms with E-state index in [1.165, 1.54) is 16.4 Å². The van der Waals surface area contributed by atoms with E-state index in [4.69, 9.17) is 0 Å². The molecule has 0 saturated heterocycles. The van der Waals surface area contributed by atoms with Crippen LogP contribution < -0.4 is 10.2 Å². The third-order valence-corrected chi connectivity index (χ3v) is 4.99. The largest absolute Gasteiger partial charge is 0.378 e. The van der Waals surface area contributed by atoms with E-state index in [2.05, 4.69) is 53.2 Å². The molecule has 1 heterocycles. The molecule has 0 spiro atoms. The Morgan fingerprint density at radius 2 is 1.63 bits per heavy atom. The van der Waals surface area contributed by atoms with E-state index in [-0.39, 0.29) is 5.91 Å². The molecule has 0 saturated carbocycles. The molecule has 0 fully saturated rings. The second kappa shape index (κ2) is 6.80. The van der Waals surface area contributed by atoms with Crippen LogP contribution in [0.1, 0.15) is 17.3 Å². The minimum Gasteiger partial charge on any atom is -0.378 e. The number of rotatable bonds is 4. The molecule has 0 aliphatic carbocycles. The zero-order valence-corrected chi connectivity index (χ0v) is 15.9. The lowest BCUT2D eigenvalue weighted by molar-refractivity contribution is 0.102. The van der Waals surface area contributed by atoms with Gasteiger partial charge in [0.05, 0.1) is 0 Å². The fourth-order valence-electron chi connectivity index (χ4n) is 3.59. The molecule has 136 valence electrons. The van der Waals surface area contributed by atoms with Gasteiger partial charge in [-0.15, -0.1) is 0 Å². The summed E-state index contributed by atoms with van der Waals surface area (Å²) in [5.41, 5.74) is 4.94. The number of nitrogens with one attached hydrogen (secondary N) is 1. The monoisotopic (exact) mass is 357 g/mol. The Morgan fingerprint density at radius 1 is 0.926 bits per heavy atom. The number of hydrogen-bond acceptors (Lipinski definition) is 2. The predicted octanol–water partition coefficient (Wildman–Crippen LogP) is 5.13. The Hall–Kier alpha value is -3.27. The molecule has 1 amide bonds. The molecule has 0 aliphatic heterocycles. The van der Waals surface area contributed by atoms with Gasteiger partial charge >= 0.3 is 0 Å². The number of aryl methyl sites for hydroxylation is 1. The highest BCUT2D eigenvalue weighted by Gasteiger charge is 2.11. The van der Waals surface area contributed by atoms with Gasteiger partial charge in [0.2, 0.25) is 0 Å². The van der Waals surface area contributed by atoms with Crippen molar-refractivity contribution in [2.24, 2.45) is 0 Å². The first kappa shape index (κ1) is 17.2. The zero-order valence-electron chi connectivity index (χ0n) is 15.9. The molecule has 27 heavy (non-hydrogen) atoms. The van der Waals surface area contributed by atoms with Gasteiger partial charge in [0.15, 0.2) is 0 Å². The van der Waals surface area contributed by atoms with Gasteiger partial charge in [-0.05, 0) is 55.5 Å². The van der Waals surface area contributed by atoms with Crippen molar-refractivity contribution in [2.45, 2.75) is 13.5 Å². The number of amides is 1. The Morgan fingerprint density at radius 3 is 2.33 bits per heavy atom. The molecule has 4 nitrogen and oxygen atoms in total. The quantitative estimate of drug-likeness (QED) is 0.549. The summed E-state index contributed by atoms with van der Waals surface area (Å²) in [6, 6.07) is 22.1. The lowest BCUT2D eigenvalue weighted by Crippen LogP contribution is -2.13. The first-order chi connectivity index (χ1) is 13.1. The van der Waals surface area contributed by atoms with Gasteiger partial charge in [0.1, 0.15) is 0 Å². The predicted molar refractivity (Wildman–Crippen MR) is 114 cm³/mol. The number of aromatic nitrogens is 1. The van der Waals surface area contributed by atoms with E-state index in [1.54, 1.807) is 0 Å². The number of benzene rings is 3. The molecule has 3 aromatic carbocycles. The van der Waals surface area contributed by atoms with Gasteiger partial charge in [-0.25, -0.2) is 0 Å². The highest BCUT2D eigenvalue weighted by atomic mass is 16.1. The molecule has 1 N–H and O–H groups in total. The maximum absolute atomic E-state index is 12.6. The summed E-state index contributed by atoms with van der Waals surface area (Å²) in [5.74, 6) is -0.0983. The van der Waals surface area contributed by atoms with Crippen LogP contribution in [-0.2, 0) is 6.54 Å². The van der Waals surface area contributed by atoms with Crippen LogP contribution in [0.3, 0.4) is 0 Å². The van der Waals surface area contributed by atoms with Crippen molar-refractivity contribution in [3.8, 4) is 0 Å². The summed E-state index contributed by atoms with van der Waals surface area (Å²) in [6.07, 6.45) is 0. The van der Waals surface area contributed by atoms with E-state index in [1.807, 2.05) is 49.3 Å². The van der Waals surface area contributed by atoms with Crippen molar-refractivity contribution in [1.82, 2.24) is 4.57 Å². The van der Waals surface area contributed by atoms with Gasteiger partial charge in [-0.3, -0.25) is 4.79 Å². The fraction of sp³-hybridized carbons (Fsp3) is 0.174. The fourth-order valence-corrected chi connectivity index (χ4v) is 3.59. The number of anilines is 2. The van der Waals surface area contributed by atoms with Gasteiger partial charge < -0.3 is 14.8 Å². The van der Waals surface area contributed by atoms with Crippen LogP contribution in [-0.4, -0.2) is 24.6 Å². The van der Waals surface area contributed by atoms with Crippen molar-refractivity contribution in [3.05, 3.63) is 72.3 Å². The number of carbonyl (C=O) groups is 1. The van der Waals surface area contributed by atoms with Crippen LogP contribution in [0.2, 0.25) is 0 Å². The normalized spacial score (nSPS) is 11.1. The van der Waals surface area contributed by atoms with E-state index >= 15 is 0 Å². The van der Waals surface area contributed by atoms with Crippen molar-refractivity contribution in [2.75, 3.05) is 24.3 Å². The number of nitrogens with zero attached hydrogens (tertiary/aromatic N) is 2. The summed E-state index contributed by atoms with van der Waals surface area (Å²) in [6.45, 7) is 3.06. The van der Waals surface area contributed by atoms with Crippen LogP contribution in [0, 0.1) is 0 Å². The average molecular weight is 357 g/mol. The first-order valence-electron chi connectivity index (χ1n) is 9.18. The summed E-state index contributed by atoms with van der Waals surface area (Å²) < 4.78 is 2.30. The van der Waals surface area contributed by atoms with Gasteiger partial charge in [-0.2, -0.15) is 0 Å². The minimum atomic E-state index is -0.0983. The smallest absolute Gasteiger partial charge is 0.255 e. The summed E-state index contributed by atoms with van der Waals surface area (Å²) in [4.78, 5) is 14.6. The molecule has 0 bridgehead atoms. The van der Waals surface area contributed by atoms with Crippen LogP contribution in [0.15, 0.2) is 66.7 Å². The van der Waals surface area contributed by atoms with E-state index in [0.717, 1.165) is 23.3 Å². The zero-order chi connectivity index (χ0) is 19.0. The number of fused-ring (bicyclic) bond motifs is 3. The lowest BCUT2D eigenvalue weighted by Gasteiger charge is -2.12. The third-order valence-electron chi connectivity index (χ3n) is 4.99. The second-order valence-electron chi connectivity index (χ2n) is 6.89. The van der Waals surface area contributed by atoms with E-state index in [9.17, 15) is 4.79 Å². The molecule has 1 aromatic heterocycles. The Kier molecular flexibility index (Phi) is 4.32. The third kappa shape index (κ3) is 3.04. The van der Waals surface area contributed by atoms with Crippen LogP contribution in [0.25, 0.3) is 21.8 Å². The van der Waals surface area contributed by atoms with Gasteiger partial charge in [0.25, 0.3) is 5.91 Å². The van der Waals surface area contributed by atoms with Crippen molar-refractivity contribution in [3.63, 3.8) is 0 Å². The van der Waals surface area contributed by atoms with Crippen LogP contribution in [0.5, 0.6) is 0 Å². The molecule has 4 rings (SSSR count). The molecular formula is C23H23N3O. The van der Waals surface area contributed by atoms with Crippen molar-refractivity contribution in [1.29, 1.82) is 0 Å². The highest BCUT2D eigenvalue weighted by Crippen LogP contribution is 2.31. The number of para-hydroxylation sites is 1. The molecular weight excluding hydrogens is 334 g/mol. The van der Waals surface area contributed by atoms with E-state index < -0.39 is 0 Å². The van der Waals surface area contributed by atoms with Gasteiger partial charge in [0, 0.05) is 59.4 Å². The summed E-state index contributed by atoms with van der Waals surface area (Å²) in [5, 5.41) is 5.40. The number of hydrogen-bond donors (Lipinski definition) is 1. The van der Waals surface area contributed by atoms with Gasteiger partial charge in [-0.1, -0.05) is 18.2 Å². The van der Waals surface area contributed by atoms with Crippen molar-refractivity contribution < 1.29 is 4.79 Å². The molecule has 0 aliphatic rings. The lowest BCUT2D eigenvalue weighted by atomic mass is 10.1. The van der Waals surface area contributed by atoms with Crippen LogP contribution >= 0.6 is 0 Å². The Balaban J connectivity index is 1.68. The molecule has 4 heteroatoms. The maximum Gasteiger partial charge on any atom is 0.255 e. The first-order valence-corrected chi connectivity index (χ1v) is 9.18. The molecule has 0 unspecified atom stereocenters. The minimum absolute atomic E-state index is 0.0983. The summed E-state index contributed by atoms with van der Waals surface area (Å²) in [7, 11) is 3.97. The standard InChI is InChI=1S/C23H23N3O/c1-4-26-21-8-6-5-7-19(21)20-15-17(11-14-22(20)26)24-23(27)16-9-12-18(13-10-16)25(2)3/h5-15H,4H2,1-3H3,(H,24,27). The summed E-state index contributed by atoms with van der Waals surface area (Å²) >= 11 is 0. The SMILES string of the molecule is CCn1c2ccccc2c2cc(NC(=O)c3ccc(N(C)C)cc3)ccc21. The number of carbonyl (C=O) groups excluding carboxylic acids is 1. The highest BCUT2D eigenvalue weighted by molar-refractivity contribution is 6.11. The molecule has 0 atom stereocenters. The van der Waals surface area contributed by atoms with E-state index in [0.29, 0.717) is 5.56 Å². The van der Waals surface area contributed by atoms with Crippen LogP contribution in [0.4, 0.5) is 11.4 Å². The van der Waals surface area contributed by atoms with Crippen molar-refractivity contribution >= 4 is 39.1 Å². The maximum atomic E-state index is 12.6. The second-order valence-corrected chi connectivity index (χ2v) is 6.89.